The van der Waals surface area contributed by atoms with Gasteiger partial charge in [-0.2, -0.15) is 5.26 Å². The SMILES string of the molecule is C.CCn1c(-c2ccccc2-c2cccc(CC#N)c2)nc(-c2ccccc2)c1-c1ccccc1. The maximum absolute atomic E-state index is 9.17. The Morgan fingerprint density at radius 3 is 1.97 bits per heavy atom. The van der Waals surface area contributed by atoms with Crippen LogP contribution in [0.1, 0.15) is 19.9 Å². The van der Waals surface area contributed by atoms with Gasteiger partial charge in [0.05, 0.1) is 23.9 Å². The van der Waals surface area contributed by atoms with Crippen molar-refractivity contribution in [2.24, 2.45) is 0 Å². The second kappa shape index (κ2) is 10.7. The fourth-order valence-electron chi connectivity index (χ4n) is 4.52. The zero-order valence-corrected chi connectivity index (χ0v) is 19.1. The second-order valence-corrected chi connectivity index (χ2v) is 8.19. The van der Waals surface area contributed by atoms with Gasteiger partial charge in [-0.15, -0.1) is 0 Å². The van der Waals surface area contributed by atoms with Crippen molar-refractivity contribution in [3.63, 3.8) is 0 Å². The van der Waals surface area contributed by atoms with Crippen LogP contribution in [0, 0.1) is 11.3 Å². The molecule has 0 aliphatic rings. The minimum Gasteiger partial charge on any atom is -0.324 e. The summed E-state index contributed by atoms with van der Waals surface area (Å²) in [5.74, 6) is 0.946. The predicted octanol–water partition coefficient (Wildman–Crippen LogP) is 8.27. The van der Waals surface area contributed by atoms with Crippen LogP contribution in [0.4, 0.5) is 0 Å². The van der Waals surface area contributed by atoms with Crippen LogP contribution in [0.2, 0.25) is 0 Å². The smallest absolute Gasteiger partial charge is 0.141 e. The normalized spacial score (nSPS) is 10.4. The maximum atomic E-state index is 9.17. The number of rotatable bonds is 6. The third kappa shape index (κ3) is 4.65. The van der Waals surface area contributed by atoms with Gasteiger partial charge in [-0.1, -0.05) is 117 Å². The van der Waals surface area contributed by atoms with Crippen molar-refractivity contribution in [1.29, 1.82) is 5.26 Å². The van der Waals surface area contributed by atoms with Crippen LogP contribution in [-0.2, 0) is 13.0 Å². The topological polar surface area (TPSA) is 41.6 Å². The summed E-state index contributed by atoms with van der Waals surface area (Å²) in [7, 11) is 0. The quantitative estimate of drug-likeness (QED) is 0.258. The van der Waals surface area contributed by atoms with Crippen molar-refractivity contribution in [1.82, 2.24) is 9.55 Å². The molecule has 0 aliphatic carbocycles. The van der Waals surface area contributed by atoms with E-state index in [1.165, 1.54) is 0 Å². The molecule has 172 valence electrons. The van der Waals surface area contributed by atoms with Gasteiger partial charge in [0.2, 0.25) is 0 Å². The molecule has 0 atom stereocenters. The van der Waals surface area contributed by atoms with Crippen LogP contribution in [-0.4, -0.2) is 9.55 Å². The molecule has 3 heteroatoms. The number of hydrogen-bond donors (Lipinski definition) is 0. The Balaban J connectivity index is 0.00000289. The predicted molar refractivity (Wildman–Crippen MR) is 146 cm³/mol. The van der Waals surface area contributed by atoms with Crippen molar-refractivity contribution in [3.8, 4) is 51.1 Å². The molecule has 0 saturated carbocycles. The van der Waals surface area contributed by atoms with E-state index in [1.807, 2.05) is 24.3 Å². The molecule has 0 bridgehead atoms. The molecule has 3 nitrogen and oxygen atoms in total. The van der Waals surface area contributed by atoms with Gasteiger partial charge in [0.1, 0.15) is 5.82 Å². The lowest BCUT2D eigenvalue weighted by Gasteiger charge is -2.14. The molecule has 0 amide bonds. The molecule has 0 aliphatic heterocycles. The lowest BCUT2D eigenvalue weighted by Crippen LogP contribution is -2.01. The highest BCUT2D eigenvalue weighted by atomic mass is 15.1. The number of nitriles is 1. The van der Waals surface area contributed by atoms with Crippen LogP contribution >= 0.6 is 0 Å². The van der Waals surface area contributed by atoms with Crippen LogP contribution in [0.3, 0.4) is 0 Å². The molecule has 0 N–H and O–H groups in total. The largest absolute Gasteiger partial charge is 0.324 e. The maximum Gasteiger partial charge on any atom is 0.141 e. The fourth-order valence-corrected chi connectivity index (χ4v) is 4.52. The number of hydrogen-bond acceptors (Lipinski definition) is 2. The van der Waals surface area contributed by atoms with Gasteiger partial charge in [0.15, 0.2) is 0 Å². The standard InChI is InChI=1S/C31H25N3.CH4/c1-2-34-30(25-15-7-4-8-16-25)29(24-13-5-3-6-14-24)33-31(34)28-19-10-9-18-27(28)26-17-11-12-23(22-26)20-21-32;/h3-19,22H,2,20H2,1H3;1H4. The van der Waals surface area contributed by atoms with Gasteiger partial charge in [0.25, 0.3) is 0 Å². The summed E-state index contributed by atoms with van der Waals surface area (Å²) >= 11 is 0. The molecule has 5 aromatic rings. The average molecular weight is 456 g/mol. The number of benzene rings is 4. The van der Waals surface area contributed by atoms with E-state index in [4.69, 9.17) is 10.2 Å². The van der Waals surface area contributed by atoms with Gasteiger partial charge in [-0.05, 0) is 23.6 Å². The molecule has 4 aromatic carbocycles. The average Bonchev–Trinajstić information content (AvgIpc) is 3.30. The van der Waals surface area contributed by atoms with E-state index >= 15 is 0 Å². The summed E-state index contributed by atoms with van der Waals surface area (Å²) in [6.07, 6.45) is 0.399. The molecule has 1 aromatic heterocycles. The van der Waals surface area contributed by atoms with E-state index in [2.05, 4.69) is 102 Å². The summed E-state index contributed by atoms with van der Waals surface area (Å²) in [6.45, 7) is 2.96. The molecular weight excluding hydrogens is 426 g/mol. The van der Waals surface area contributed by atoms with E-state index < -0.39 is 0 Å². The highest BCUT2D eigenvalue weighted by molar-refractivity contribution is 5.87. The first-order valence-corrected chi connectivity index (χ1v) is 11.6. The number of imidazole rings is 1. The van der Waals surface area contributed by atoms with Crippen LogP contribution in [0.25, 0.3) is 45.0 Å². The zero-order valence-electron chi connectivity index (χ0n) is 19.1. The van der Waals surface area contributed by atoms with Gasteiger partial charge >= 0.3 is 0 Å². The lowest BCUT2D eigenvalue weighted by molar-refractivity contribution is 0.778. The minimum absolute atomic E-state index is 0. The van der Waals surface area contributed by atoms with Crippen LogP contribution in [0.15, 0.2) is 109 Å². The molecule has 0 radical (unpaired) electrons. The Hall–Kier alpha value is -4.42. The Morgan fingerprint density at radius 1 is 0.714 bits per heavy atom. The Morgan fingerprint density at radius 2 is 1.31 bits per heavy atom. The van der Waals surface area contributed by atoms with Crippen LogP contribution in [0.5, 0.6) is 0 Å². The lowest BCUT2D eigenvalue weighted by atomic mass is 9.97. The fraction of sp³-hybridized carbons (Fsp3) is 0.125. The van der Waals surface area contributed by atoms with E-state index in [9.17, 15) is 0 Å². The van der Waals surface area contributed by atoms with Crippen molar-refractivity contribution in [2.75, 3.05) is 0 Å². The molecule has 0 spiro atoms. The highest BCUT2D eigenvalue weighted by Crippen LogP contribution is 2.39. The first-order chi connectivity index (χ1) is 16.8. The van der Waals surface area contributed by atoms with Crippen LogP contribution < -0.4 is 0 Å². The minimum atomic E-state index is 0. The monoisotopic (exact) mass is 455 g/mol. The zero-order chi connectivity index (χ0) is 23.3. The van der Waals surface area contributed by atoms with E-state index in [1.54, 1.807) is 0 Å². The molecule has 0 unspecified atom stereocenters. The molecule has 35 heavy (non-hydrogen) atoms. The van der Waals surface area contributed by atoms with E-state index in [0.29, 0.717) is 6.42 Å². The number of nitrogens with zero attached hydrogens (tertiary/aromatic N) is 3. The van der Waals surface area contributed by atoms with Gasteiger partial charge in [-0.25, -0.2) is 4.98 Å². The van der Waals surface area contributed by atoms with E-state index in [-0.39, 0.29) is 7.43 Å². The number of aromatic nitrogens is 2. The molecule has 0 fully saturated rings. The summed E-state index contributed by atoms with van der Waals surface area (Å²) in [5.41, 5.74) is 8.66. The van der Waals surface area contributed by atoms with Gasteiger partial charge in [0, 0.05) is 23.2 Å². The van der Waals surface area contributed by atoms with Crippen molar-refractivity contribution in [3.05, 3.63) is 115 Å². The third-order valence-corrected chi connectivity index (χ3v) is 6.07. The Kier molecular flexibility index (Phi) is 7.24. The van der Waals surface area contributed by atoms with Crippen molar-refractivity contribution < 1.29 is 0 Å². The van der Waals surface area contributed by atoms with Crippen molar-refractivity contribution in [2.45, 2.75) is 27.3 Å². The second-order valence-electron chi connectivity index (χ2n) is 8.19. The van der Waals surface area contributed by atoms with Crippen molar-refractivity contribution >= 4 is 0 Å². The molecule has 1 heterocycles. The summed E-state index contributed by atoms with van der Waals surface area (Å²) in [5, 5.41) is 9.17. The summed E-state index contributed by atoms with van der Waals surface area (Å²) in [6, 6.07) is 39.8. The molecular formula is C32H29N3. The van der Waals surface area contributed by atoms with E-state index in [0.717, 1.165) is 57.1 Å². The summed E-state index contributed by atoms with van der Waals surface area (Å²) in [4.78, 5) is 5.25. The Labute approximate surface area is 208 Å². The third-order valence-electron chi connectivity index (χ3n) is 6.07. The molecule has 5 rings (SSSR count). The summed E-state index contributed by atoms with van der Waals surface area (Å²) < 4.78 is 2.32. The first-order valence-electron chi connectivity index (χ1n) is 11.6. The molecule has 0 saturated heterocycles. The highest BCUT2D eigenvalue weighted by Gasteiger charge is 2.22. The first kappa shape index (κ1) is 23.7. The Bertz CT molecular complexity index is 1460. The van der Waals surface area contributed by atoms with Gasteiger partial charge in [-0.3, -0.25) is 0 Å². The van der Waals surface area contributed by atoms with Gasteiger partial charge < -0.3 is 4.57 Å².